The third kappa shape index (κ3) is 5.85. The summed E-state index contributed by atoms with van der Waals surface area (Å²) in [5.41, 5.74) is 1.31. The van der Waals surface area contributed by atoms with E-state index in [-0.39, 0.29) is 24.7 Å². The van der Waals surface area contributed by atoms with Crippen LogP contribution in [0.2, 0.25) is 0 Å². The highest BCUT2D eigenvalue weighted by Gasteiger charge is 2.22. The van der Waals surface area contributed by atoms with E-state index in [9.17, 15) is 14.7 Å². The first-order chi connectivity index (χ1) is 9.73. The normalized spacial score (nSPS) is 11.0. The fourth-order valence-corrected chi connectivity index (χ4v) is 2.15. The van der Waals surface area contributed by atoms with Crippen molar-refractivity contribution in [3.8, 4) is 5.75 Å². The van der Waals surface area contributed by atoms with Crippen LogP contribution in [0.15, 0.2) is 18.2 Å². The number of benzene rings is 1. The van der Waals surface area contributed by atoms with Gasteiger partial charge in [-0.2, -0.15) is 0 Å². The first-order valence-corrected chi connectivity index (χ1v) is 6.98. The molecule has 0 aliphatic heterocycles. The number of amides is 1. The molecule has 0 unspecified atom stereocenters. The quantitative estimate of drug-likeness (QED) is 0.622. The van der Waals surface area contributed by atoms with Crippen molar-refractivity contribution < 1.29 is 19.4 Å². The number of esters is 1. The van der Waals surface area contributed by atoms with Crippen LogP contribution in [0, 0.1) is 6.92 Å². The van der Waals surface area contributed by atoms with Crippen LogP contribution in [0.25, 0.3) is 0 Å². The Morgan fingerprint density at radius 1 is 1.33 bits per heavy atom. The molecule has 0 bridgehead atoms. The maximum Gasteiger partial charge on any atom is 0.315 e. The second kappa shape index (κ2) is 7.11. The van der Waals surface area contributed by atoms with E-state index in [1.54, 1.807) is 13.0 Å². The number of hydrogen-bond acceptors (Lipinski definition) is 4. The molecule has 0 saturated heterocycles. The second-order valence-corrected chi connectivity index (χ2v) is 5.71. The zero-order valence-electron chi connectivity index (χ0n) is 13.0. The lowest BCUT2D eigenvalue weighted by Gasteiger charge is -2.26. The highest BCUT2D eigenvalue weighted by atomic mass is 16.5. The maximum absolute atomic E-state index is 11.8. The van der Waals surface area contributed by atoms with Crippen LogP contribution in [0.1, 0.15) is 38.3 Å². The number of nitrogens with one attached hydrogen (secondary N) is 1. The first kappa shape index (κ1) is 17.0. The summed E-state index contributed by atoms with van der Waals surface area (Å²) in [7, 11) is 0. The minimum Gasteiger partial charge on any atom is -0.508 e. The molecule has 116 valence electrons. The Balaban J connectivity index is 2.62. The lowest BCUT2D eigenvalue weighted by Crippen LogP contribution is -2.45. The molecule has 1 amide bonds. The summed E-state index contributed by atoms with van der Waals surface area (Å²) in [6.07, 6.45) is 0.328. The van der Waals surface area contributed by atoms with Crippen molar-refractivity contribution in [2.75, 3.05) is 6.61 Å². The SMILES string of the molecule is CCOC(=O)CC(=O)NC(C)(C)Cc1ccc(O)c(C)c1. The summed E-state index contributed by atoms with van der Waals surface area (Å²) in [5, 5.41) is 12.3. The third-order valence-electron chi connectivity index (χ3n) is 3.00. The van der Waals surface area contributed by atoms with E-state index in [0.29, 0.717) is 6.42 Å². The van der Waals surface area contributed by atoms with Crippen molar-refractivity contribution in [3.63, 3.8) is 0 Å². The van der Waals surface area contributed by atoms with Crippen molar-refractivity contribution in [3.05, 3.63) is 29.3 Å². The number of rotatable bonds is 6. The van der Waals surface area contributed by atoms with Crippen molar-refractivity contribution in [1.29, 1.82) is 0 Å². The summed E-state index contributed by atoms with van der Waals surface area (Å²) in [4.78, 5) is 23.1. The lowest BCUT2D eigenvalue weighted by atomic mass is 9.93. The highest BCUT2D eigenvalue weighted by Crippen LogP contribution is 2.20. The fraction of sp³-hybridized carbons (Fsp3) is 0.500. The smallest absolute Gasteiger partial charge is 0.315 e. The van der Waals surface area contributed by atoms with E-state index < -0.39 is 11.5 Å². The van der Waals surface area contributed by atoms with Gasteiger partial charge in [0, 0.05) is 5.54 Å². The van der Waals surface area contributed by atoms with E-state index in [4.69, 9.17) is 4.74 Å². The molecule has 0 saturated carbocycles. The Labute approximate surface area is 125 Å². The Kier molecular flexibility index (Phi) is 5.76. The number of aryl methyl sites for hydroxylation is 1. The van der Waals surface area contributed by atoms with Gasteiger partial charge in [0.15, 0.2) is 0 Å². The van der Waals surface area contributed by atoms with Gasteiger partial charge < -0.3 is 15.2 Å². The fourth-order valence-electron chi connectivity index (χ4n) is 2.15. The average Bonchev–Trinajstić information content (AvgIpc) is 2.32. The summed E-state index contributed by atoms with van der Waals surface area (Å²) in [6, 6.07) is 5.34. The van der Waals surface area contributed by atoms with Gasteiger partial charge in [-0.15, -0.1) is 0 Å². The minimum atomic E-state index is -0.522. The number of hydrogen-bond donors (Lipinski definition) is 2. The van der Waals surface area contributed by atoms with Crippen LogP contribution in [-0.2, 0) is 20.7 Å². The number of carbonyl (C=O) groups is 2. The molecule has 2 N–H and O–H groups in total. The number of aromatic hydroxyl groups is 1. The van der Waals surface area contributed by atoms with Gasteiger partial charge in [0.05, 0.1) is 6.61 Å². The molecular weight excluding hydrogens is 270 g/mol. The van der Waals surface area contributed by atoms with E-state index in [0.717, 1.165) is 11.1 Å². The first-order valence-electron chi connectivity index (χ1n) is 6.98. The van der Waals surface area contributed by atoms with Crippen LogP contribution in [-0.4, -0.2) is 29.1 Å². The molecular formula is C16H23NO4. The Hall–Kier alpha value is -2.04. The highest BCUT2D eigenvalue weighted by molar-refractivity contribution is 5.94. The van der Waals surface area contributed by atoms with Crippen molar-refractivity contribution in [2.45, 2.75) is 46.1 Å². The summed E-state index contributed by atoms with van der Waals surface area (Å²) >= 11 is 0. The third-order valence-corrected chi connectivity index (χ3v) is 3.00. The Bertz CT molecular complexity index is 523. The molecule has 1 rings (SSSR count). The summed E-state index contributed by atoms with van der Waals surface area (Å²) < 4.78 is 4.75. The molecule has 0 aromatic heterocycles. The molecule has 0 spiro atoms. The number of phenolic OH excluding ortho intramolecular Hbond substituents is 1. The second-order valence-electron chi connectivity index (χ2n) is 5.71. The molecule has 0 aliphatic carbocycles. The molecule has 5 nitrogen and oxygen atoms in total. The van der Waals surface area contributed by atoms with E-state index in [1.807, 2.05) is 32.9 Å². The van der Waals surface area contributed by atoms with Crippen molar-refractivity contribution in [2.24, 2.45) is 0 Å². The van der Waals surface area contributed by atoms with Crippen LogP contribution in [0.4, 0.5) is 0 Å². The minimum absolute atomic E-state index is 0.253. The van der Waals surface area contributed by atoms with Crippen LogP contribution >= 0.6 is 0 Å². The number of phenols is 1. The summed E-state index contributed by atoms with van der Waals surface area (Å²) in [5.74, 6) is -0.622. The molecule has 21 heavy (non-hydrogen) atoms. The van der Waals surface area contributed by atoms with E-state index >= 15 is 0 Å². The molecule has 0 atom stereocenters. The predicted octanol–water partition coefficient (Wildman–Crippen LogP) is 2.09. The van der Waals surface area contributed by atoms with Gasteiger partial charge in [0.2, 0.25) is 5.91 Å². The molecule has 0 radical (unpaired) electrons. The Morgan fingerprint density at radius 3 is 2.57 bits per heavy atom. The predicted molar refractivity (Wildman–Crippen MR) is 80.0 cm³/mol. The zero-order valence-corrected chi connectivity index (χ0v) is 13.0. The van der Waals surface area contributed by atoms with Gasteiger partial charge in [-0.3, -0.25) is 9.59 Å². The lowest BCUT2D eigenvalue weighted by molar-refractivity contribution is -0.146. The van der Waals surface area contributed by atoms with Gasteiger partial charge in [-0.1, -0.05) is 12.1 Å². The zero-order chi connectivity index (χ0) is 16.0. The van der Waals surface area contributed by atoms with Crippen molar-refractivity contribution in [1.82, 2.24) is 5.32 Å². The molecule has 0 aliphatic rings. The molecule has 5 heteroatoms. The van der Waals surface area contributed by atoms with Crippen LogP contribution < -0.4 is 5.32 Å². The molecule has 0 heterocycles. The van der Waals surface area contributed by atoms with Crippen LogP contribution in [0.5, 0.6) is 5.75 Å². The molecule has 1 aromatic carbocycles. The summed E-state index contributed by atoms with van der Waals surface area (Å²) in [6.45, 7) is 7.57. The van der Waals surface area contributed by atoms with Gasteiger partial charge in [0.25, 0.3) is 0 Å². The average molecular weight is 293 g/mol. The maximum atomic E-state index is 11.8. The van der Waals surface area contributed by atoms with Gasteiger partial charge in [0.1, 0.15) is 12.2 Å². The number of ether oxygens (including phenoxy) is 1. The number of carbonyl (C=O) groups excluding carboxylic acids is 2. The topological polar surface area (TPSA) is 75.6 Å². The molecule has 0 fully saturated rings. The van der Waals surface area contributed by atoms with E-state index in [2.05, 4.69) is 5.32 Å². The molecule has 1 aromatic rings. The van der Waals surface area contributed by atoms with Gasteiger partial charge >= 0.3 is 5.97 Å². The van der Waals surface area contributed by atoms with Gasteiger partial charge in [-0.05, 0) is 51.3 Å². The Morgan fingerprint density at radius 2 is 2.00 bits per heavy atom. The van der Waals surface area contributed by atoms with Crippen LogP contribution in [0.3, 0.4) is 0 Å². The largest absolute Gasteiger partial charge is 0.508 e. The monoisotopic (exact) mass is 293 g/mol. The standard InChI is InChI=1S/C16H23NO4/c1-5-21-15(20)9-14(19)17-16(3,4)10-12-6-7-13(18)11(2)8-12/h6-8,18H,5,9-10H2,1-4H3,(H,17,19). The van der Waals surface area contributed by atoms with Crippen molar-refractivity contribution >= 4 is 11.9 Å². The van der Waals surface area contributed by atoms with Gasteiger partial charge in [-0.25, -0.2) is 0 Å². The van der Waals surface area contributed by atoms with E-state index in [1.165, 1.54) is 0 Å².